The third-order valence-corrected chi connectivity index (χ3v) is 3.25. The van der Waals surface area contributed by atoms with Gasteiger partial charge in [-0.3, -0.25) is 4.79 Å². The van der Waals surface area contributed by atoms with Crippen molar-refractivity contribution >= 4 is 17.6 Å². The standard InChI is InChI=1S/C15H23N3O2/c1-10(2)11(3)17-15(20)18-13-8-6-5-7-12(13)9-14(19)16-4/h5-8,10-11H,9H2,1-4H3,(H,16,19)(H2,17,18,20)/t11-/m1/s1. The predicted octanol–water partition coefficient (Wildman–Crippen LogP) is 2.14. The number of likely N-dealkylation sites (N-methyl/N-ethyl adjacent to an activating group) is 1. The van der Waals surface area contributed by atoms with E-state index in [9.17, 15) is 9.59 Å². The van der Waals surface area contributed by atoms with Crippen molar-refractivity contribution in [2.75, 3.05) is 12.4 Å². The SMILES string of the molecule is CNC(=O)Cc1ccccc1NC(=O)N[C@H](C)C(C)C. The Morgan fingerprint density at radius 3 is 2.40 bits per heavy atom. The number of benzene rings is 1. The molecule has 1 rings (SSSR count). The first-order valence-corrected chi connectivity index (χ1v) is 6.80. The second-order valence-corrected chi connectivity index (χ2v) is 5.14. The lowest BCUT2D eigenvalue weighted by Crippen LogP contribution is -2.39. The van der Waals surface area contributed by atoms with Crippen LogP contribution in [0.4, 0.5) is 10.5 Å². The van der Waals surface area contributed by atoms with Gasteiger partial charge in [0.15, 0.2) is 0 Å². The molecular weight excluding hydrogens is 254 g/mol. The quantitative estimate of drug-likeness (QED) is 0.771. The number of carbonyl (C=O) groups is 2. The smallest absolute Gasteiger partial charge is 0.319 e. The van der Waals surface area contributed by atoms with Crippen molar-refractivity contribution in [3.8, 4) is 0 Å². The zero-order valence-electron chi connectivity index (χ0n) is 12.5. The lowest BCUT2D eigenvalue weighted by molar-refractivity contribution is -0.119. The number of hydrogen-bond donors (Lipinski definition) is 3. The van der Waals surface area contributed by atoms with E-state index >= 15 is 0 Å². The van der Waals surface area contributed by atoms with Crippen LogP contribution < -0.4 is 16.0 Å². The minimum Gasteiger partial charge on any atom is -0.359 e. The monoisotopic (exact) mass is 277 g/mol. The molecule has 0 saturated heterocycles. The number of rotatable bonds is 5. The van der Waals surface area contributed by atoms with Gasteiger partial charge in [0.2, 0.25) is 5.91 Å². The highest BCUT2D eigenvalue weighted by Crippen LogP contribution is 2.15. The summed E-state index contributed by atoms with van der Waals surface area (Å²) >= 11 is 0. The van der Waals surface area contributed by atoms with Gasteiger partial charge in [-0.1, -0.05) is 32.0 Å². The van der Waals surface area contributed by atoms with Crippen molar-refractivity contribution < 1.29 is 9.59 Å². The Morgan fingerprint density at radius 1 is 1.15 bits per heavy atom. The van der Waals surface area contributed by atoms with Crippen LogP contribution in [0.3, 0.4) is 0 Å². The molecule has 5 heteroatoms. The Bertz CT molecular complexity index is 472. The van der Waals surface area contributed by atoms with Crippen molar-refractivity contribution in [2.24, 2.45) is 5.92 Å². The Balaban J connectivity index is 2.72. The number of para-hydroxylation sites is 1. The van der Waals surface area contributed by atoms with Crippen molar-refractivity contribution in [3.05, 3.63) is 29.8 Å². The van der Waals surface area contributed by atoms with E-state index in [2.05, 4.69) is 16.0 Å². The summed E-state index contributed by atoms with van der Waals surface area (Å²) in [6.45, 7) is 6.05. The summed E-state index contributed by atoms with van der Waals surface area (Å²) in [5.74, 6) is 0.275. The second kappa shape index (κ2) is 7.53. The summed E-state index contributed by atoms with van der Waals surface area (Å²) in [5, 5.41) is 8.24. The van der Waals surface area contributed by atoms with Crippen molar-refractivity contribution in [1.82, 2.24) is 10.6 Å². The molecule has 20 heavy (non-hydrogen) atoms. The molecule has 0 heterocycles. The van der Waals surface area contributed by atoms with Crippen LogP contribution in [0.15, 0.2) is 24.3 Å². The van der Waals surface area contributed by atoms with Crippen LogP contribution in [0, 0.1) is 5.92 Å². The number of hydrogen-bond acceptors (Lipinski definition) is 2. The molecule has 0 aliphatic carbocycles. The van der Waals surface area contributed by atoms with Gasteiger partial charge in [-0.15, -0.1) is 0 Å². The first-order valence-electron chi connectivity index (χ1n) is 6.80. The van der Waals surface area contributed by atoms with Gasteiger partial charge < -0.3 is 16.0 Å². The summed E-state index contributed by atoms with van der Waals surface area (Å²) < 4.78 is 0. The third kappa shape index (κ3) is 4.91. The van der Waals surface area contributed by atoms with Gasteiger partial charge in [0.25, 0.3) is 0 Å². The average Bonchev–Trinajstić information content (AvgIpc) is 2.40. The molecule has 0 radical (unpaired) electrons. The summed E-state index contributed by atoms with van der Waals surface area (Å²) in [7, 11) is 1.59. The molecule has 0 bridgehead atoms. The lowest BCUT2D eigenvalue weighted by Gasteiger charge is -2.18. The molecule has 110 valence electrons. The summed E-state index contributed by atoms with van der Waals surface area (Å²) in [6, 6.07) is 7.12. The third-order valence-electron chi connectivity index (χ3n) is 3.25. The van der Waals surface area contributed by atoms with Gasteiger partial charge >= 0.3 is 6.03 Å². The van der Waals surface area contributed by atoms with Crippen LogP contribution in [0.5, 0.6) is 0 Å². The van der Waals surface area contributed by atoms with Gasteiger partial charge in [-0.25, -0.2) is 4.79 Å². The zero-order valence-corrected chi connectivity index (χ0v) is 12.5. The average molecular weight is 277 g/mol. The maximum absolute atomic E-state index is 11.9. The fourth-order valence-corrected chi connectivity index (χ4v) is 1.59. The van der Waals surface area contributed by atoms with E-state index < -0.39 is 0 Å². The molecule has 0 fully saturated rings. The fraction of sp³-hybridized carbons (Fsp3) is 0.467. The van der Waals surface area contributed by atoms with Gasteiger partial charge in [0.1, 0.15) is 0 Å². The van der Waals surface area contributed by atoms with E-state index in [1.165, 1.54) is 0 Å². The second-order valence-electron chi connectivity index (χ2n) is 5.14. The van der Waals surface area contributed by atoms with Crippen molar-refractivity contribution in [1.29, 1.82) is 0 Å². The van der Waals surface area contributed by atoms with E-state index in [-0.39, 0.29) is 24.4 Å². The number of carbonyl (C=O) groups excluding carboxylic acids is 2. The van der Waals surface area contributed by atoms with Crippen LogP contribution in [0.25, 0.3) is 0 Å². The van der Waals surface area contributed by atoms with E-state index in [1.54, 1.807) is 13.1 Å². The number of anilines is 1. The Hall–Kier alpha value is -2.04. The Kier molecular flexibility index (Phi) is 6.03. The molecule has 3 amide bonds. The summed E-state index contributed by atoms with van der Waals surface area (Å²) in [4.78, 5) is 23.4. The van der Waals surface area contributed by atoms with Crippen LogP contribution in [-0.2, 0) is 11.2 Å². The summed E-state index contributed by atoms with van der Waals surface area (Å²) in [5.41, 5.74) is 1.45. The summed E-state index contributed by atoms with van der Waals surface area (Å²) in [6.07, 6.45) is 0.243. The van der Waals surface area contributed by atoms with E-state index in [0.717, 1.165) is 5.56 Å². The first-order chi connectivity index (χ1) is 9.43. The zero-order chi connectivity index (χ0) is 15.1. The minimum absolute atomic E-state index is 0.0844. The highest BCUT2D eigenvalue weighted by atomic mass is 16.2. The number of amides is 3. The first kappa shape index (κ1) is 16.0. The normalized spacial score (nSPS) is 11.8. The van der Waals surface area contributed by atoms with Gasteiger partial charge in [0, 0.05) is 18.8 Å². The molecule has 1 aromatic carbocycles. The van der Waals surface area contributed by atoms with Gasteiger partial charge in [-0.05, 0) is 24.5 Å². The topological polar surface area (TPSA) is 70.2 Å². The highest BCUT2D eigenvalue weighted by molar-refractivity contribution is 5.91. The largest absolute Gasteiger partial charge is 0.359 e. The number of nitrogens with one attached hydrogen (secondary N) is 3. The van der Waals surface area contributed by atoms with Crippen molar-refractivity contribution in [2.45, 2.75) is 33.2 Å². The van der Waals surface area contributed by atoms with Crippen LogP contribution in [0.1, 0.15) is 26.3 Å². The van der Waals surface area contributed by atoms with E-state index in [0.29, 0.717) is 11.6 Å². The van der Waals surface area contributed by atoms with Crippen LogP contribution in [0.2, 0.25) is 0 Å². The van der Waals surface area contributed by atoms with Gasteiger partial charge in [-0.2, -0.15) is 0 Å². The molecule has 0 aliphatic rings. The molecule has 5 nitrogen and oxygen atoms in total. The Morgan fingerprint density at radius 2 is 1.80 bits per heavy atom. The lowest BCUT2D eigenvalue weighted by atomic mass is 10.1. The van der Waals surface area contributed by atoms with E-state index in [1.807, 2.05) is 39.0 Å². The molecule has 1 atom stereocenters. The number of urea groups is 1. The molecule has 0 spiro atoms. The fourth-order valence-electron chi connectivity index (χ4n) is 1.59. The minimum atomic E-state index is -0.254. The molecule has 1 aromatic rings. The molecule has 0 unspecified atom stereocenters. The Labute approximate surface area is 120 Å². The van der Waals surface area contributed by atoms with E-state index in [4.69, 9.17) is 0 Å². The maximum atomic E-state index is 11.9. The molecule has 0 aliphatic heterocycles. The predicted molar refractivity (Wildman–Crippen MR) is 80.7 cm³/mol. The van der Waals surface area contributed by atoms with Gasteiger partial charge in [0.05, 0.1) is 6.42 Å². The molecule has 0 aromatic heterocycles. The molecule has 3 N–H and O–H groups in total. The maximum Gasteiger partial charge on any atom is 0.319 e. The van der Waals surface area contributed by atoms with Crippen LogP contribution in [-0.4, -0.2) is 25.0 Å². The highest BCUT2D eigenvalue weighted by Gasteiger charge is 2.12. The molecule has 0 saturated carbocycles. The molecular formula is C15H23N3O2. The van der Waals surface area contributed by atoms with Crippen LogP contribution >= 0.6 is 0 Å². The van der Waals surface area contributed by atoms with Crippen molar-refractivity contribution in [3.63, 3.8) is 0 Å².